The Morgan fingerprint density at radius 3 is 1.51 bits per heavy atom. The van der Waals surface area contributed by atoms with Crippen LogP contribution in [0.5, 0.6) is 11.5 Å². The van der Waals surface area contributed by atoms with E-state index in [-0.39, 0.29) is 19.0 Å². The summed E-state index contributed by atoms with van der Waals surface area (Å²) in [7, 11) is 10.5. The number of ether oxygens (including phenoxy) is 3. The molecule has 0 aliphatic carbocycles. The highest BCUT2D eigenvalue weighted by molar-refractivity contribution is 9.11. The maximum atomic E-state index is 11.8. The van der Waals surface area contributed by atoms with E-state index < -0.39 is 11.5 Å². The maximum Gasteiger partial charge on any atom is 0.414 e. The van der Waals surface area contributed by atoms with Crippen LogP contribution in [0, 0.1) is 13.8 Å². The van der Waals surface area contributed by atoms with E-state index in [2.05, 4.69) is 79.8 Å². The number of aromatic hydroxyl groups is 1. The van der Waals surface area contributed by atoms with Gasteiger partial charge in [0.1, 0.15) is 21.5 Å². The summed E-state index contributed by atoms with van der Waals surface area (Å²) in [6.07, 6.45) is 7.52. The third kappa shape index (κ3) is 17.4. The van der Waals surface area contributed by atoms with Gasteiger partial charge >= 0.3 is 11.5 Å². The number of anilines is 2. The van der Waals surface area contributed by atoms with Crippen LogP contribution in [-0.2, 0) is 9.47 Å². The molecule has 6 rings (SSSR count). The summed E-state index contributed by atoms with van der Waals surface area (Å²) in [5.74, 6) is 0.700. The van der Waals surface area contributed by atoms with Gasteiger partial charge in [0, 0.05) is 66.8 Å². The number of amides is 2. The maximum absolute atomic E-state index is 11.8. The topological polar surface area (TPSA) is 161 Å². The second kappa shape index (κ2) is 27.4. The standard InChI is InChI=1S/C24H28BrN3O4S.C21H23BrN2O3S.C3H6ClNO/c1-16-13-19-22(15-20(16)28(4)9-11-31-12-10-29)33-23(26-19)8-6-17-5-7-21(18(25)14-17)32-24(30)27(2)3;1-14-11-17-20(13-18(14)24(2)7-9-27-10-8-25)28-21(23-17)6-4-15-3-5-19(26)16(22)12-15;1-5(2)3(4)6/h5-8,13-15,29H,9-12H2,1-4H3;3-6,11-13,25-26H,7-10H2,1-2H3;1-2H3/b8-6+;6-4+;. The Kier molecular flexibility index (Phi) is 22.5. The molecule has 0 saturated heterocycles. The Labute approximate surface area is 421 Å². The van der Waals surface area contributed by atoms with E-state index in [1.807, 2.05) is 62.7 Å². The number of thiazole rings is 2. The number of aromatic nitrogens is 2. The first-order chi connectivity index (χ1) is 31.9. The lowest BCUT2D eigenvalue weighted by Gasteiger charge is -2.21. The highest BCUT2D eigenvalue weighted by Gasteiger charge is 2.13. The average molecular weight is 1110 g/mol. The Hall–Kier alpha value is -4.63. The molecule has 14 nitrogen and oxygen atoms in total. The highest BCUT2D eigenvalue weighted by Crippen LogP contribution is 2.33. The minimum Gasteiger partial charge on any atom is -0.507 e. The number of halogens is 3. The molecule has 4 aromatic carbocycles. The number of fused-ring (bicyclic) bond motifs is 2. The lowest BCUT2D eigenvalue weighted by atomic mass is 10.1. The summed E-state index contributed by atoms with van der Waals surface area (Å²) in [4.78, 5) is 38.0. The van der Waals surface area contributed by atoms with Crippen molar-refractivity contribution < 1.29 is 39.1 Å². The second-order valence-corrected chi connectivity index (χ2v) is 19.5. The highest BCUT2D eigenvalue weighted by atomic mass is 79.9. The molecule has 67 heavy (non-hydrogen) atoms. The number of aliphatic hydroxyl groups excluding tert-OH is 2. The fourth-order valence-corrected chi connectivity index (χ4v) is 8.61. The van der Waals surface area contributed by atoms with E-state index in [9.17, 15) is 14.7 Å². The van der Waals surface area contributed by atoms with Crippen molar-refractivity contribution in [1.29, 1.82) is 0 Å². The summed E-state index contributed by atoms with van der Waals surface area (Å²) >= 11 is 15.0. The van der Waals surface area contributed by atoms with Crippen LogP contribution in [-0.4, -0.2) is 142 Å². The number of aliphatic hydroxyl groups is 2. The second-order valence-electron chi connectivity index (χ2n) is 15.3. The number of nitrogens with zero attached hydrogens (tertiary/aromatic N) is 6. The first-order valence-electron chi connectivity index (χ1n) is 20.9. The number of carbonyl (C=O) groups is 2. The molecular weight excluding hydrogens is 1050 g/mol. The molecule has 0 fully saturated rings. The fourth-order valence-electron chi connectivity index (χ4n) is 5.96. The lowest BCUT2D eigenvalue weighted by molar-refractivity contribution is 0.0971. The fraction of sp³-hybridized carbons (Fsp3) is 0.333. The molecule has 0 spiro atoms. The first-order valence-corrected chi connectivity index (χ1v) is 24.5. The quantitative estimate of drug-likeness (QED) is 0.0451. The number of likely N-dealkylation sites (N-methyl/N-ethyl adjacent to an activating group) is 2. The molecule has 0 saturated carbocycles. The molecule has 0 aliphatic heterocycles. The van der Waals surface area contributed by atoms with Gasteiger partial charge in [-0.2, -0.15) is 0 Å². The number of benzene rings is 4. The first kappa shape index (κ1) is 55.0. The molecule has 19 heteroatoms. The summed E-state index contributed by atoms with van der Waals surface area (Å²) in [5, 5.41) is 28.6. The van der Waals surface area contributed by atoms with Gasteiger partial charge in [-0.05, 0) is 140 Å². The van der Waals surface area contributed by atoms with Gasteiger partial charge in [-0.1, -0.05) is 24.3 Å². The van der Waals surface area contributed by atoms with Crippen LogP contribution in [0.15, 0.2) is 69.6 Å². The van der Waals surface area contributed by atoms with E-state index in [0.717, 1.165) is 71.6 Å². The average Bonchev–Trinajstić information content (AvgIpc) is 3.89. The van der Waals surface area contributed by atoms with Crippen molar-refractivity contribution in [3.63, 3.8) is 0 Å². The van der Waals surface area contributed by atoms with Gasteiger partial charge in [0.05, 0.1) is 69.0 Å². The van der Waals surface area contributed by atoms with Crippen LogP contribution in [0.3, 0.4) is 0 Å². The van der Waals surface area contributed by atoms with Gasteiger partial charge in [-0.15, -0.1) is 22.7 Å². The number of phenolic OH excluding ortho intramolecular Hbond substituents is 1. The third-order valence-electron chi connectivity index (χ3n) is 9.56. The van der Waals surface area contributed by atoms with E-state index >= 15 is 0 Å². The smallest absolute Gasteiger partial charge is 0.414 e. The summed E-state index contributed by atoms with van der Waals surface area (Å²) < 4.78 is 19.7. The molecule has 2 heterocycles. The van der Waals surface area contributed by atoms with Crippen LogP contribution in [0.4, 0.5) is 21.0 Å². The summed E-state index contributed by atoms with van der Waals surface area (Å²) in [6, 6.07) is 19.5. The molecule has 3 N–H and O–H groups in total. The third-order valence-corrected chi connectivity index (χ3v) is 13.1. The molecule has 2 aromatic heterocycles. The molecule has 0 radical (unpaired) electrons. The van der Waals surface area contributed by atoms with Crippen molar-refractivity contribution in [2.75, 3.05) is 105 Å². The van der Waals surface area contributed by atoms with Gasteiger partial charge in [0.15, 0.2) is 0 Å². The van der Waals surface area contributed by atoms with Crippen molar-refractivity contribution >= 4 is 134 Å². The minimum atomic E-state index is -0.435. The van der Waals surface area contributed by atoms with Crippen LogP contribution < -0.4 is 14.5 Å². The molecule has 0 atom stereocenters. The Balaban J connectivity index is 0.000000263. The Morgan fingerprint density at radius 2 is 1.10 bits per heavy atom. The van der Waals surface area contributed by atoms with Crippen LogP contribution in [0.2, 0.25) is 0 Å². The Bertz CT molecular complexity index is 2640. The van der Waals surface area contributed by atoms with Crippen LogP contribution in [0.1, 0.15) is 32.3 Å². The van der Waals surface area contributed by atoms with Gasteiger partial charge in [0.25, 0.3) is 0 Å². The zero-order valence-corrected chi connectivity index (χ0v) is 44.3. The zero-order valence-electron chi connectivity index (χ0n) is 38.8. The normalized spacial score (nSPS) is 11.1. The molecule has 0 aliphatic rings. The molecule has 0 unspecified atom stereocenters. The van der Waals surface area contributed by atoms with Crippen molar-refractivity contribution in [2.24, 2.45) is 0 Å². The zero-order chi connectivity index (χ0) is 49.2. The minimum absolute atomic E-state index is 0.0386. The number of carbonyl (C=O) groups excluding carboxylic acids is 2. The summed E-state index contributed by atoms with van der Waals surface area (Å²) in [6.45, 7) is 7.62. The van der Waals surface area contributed by atoms with Gasteiger partial charge in [0.2, 0.25) is 0 Å². The number of aryl methyl sites for hydroxylation is 2. The number of phenols is 1. The van der Waals surface area contributed by atoms with Crippen molar-refractivity contribution in [1.82, 2.24) is 19.8 Å². The van der Waals surface area contributed by atoms with E-state index in [0.29, 0.717) is 41.1 Å². The van der Waals surface area contributed by atoms with Crippen molar-refractivity contribution in [3.8, 4) is 11.5 Å². The van der Waals surface area contributed by atoms with Crippen molar-refractivity contribution in [2.45, 2.75) is 13.8 Å². The van der Waals surface area contributed by atoms with Crippen LogP contribution >= 0.6 is 66.1 Å². The van der Waals surface area contributed by atoms with Crippen LogP contribution in [0.25, 0.3) is 44.7 Å². The van der Waals surface area contributed by atoms with Gasteiger partial charge in [-0.3, -0.25) is 4.79 Å². The molecule has 360 valence electrons. The number of hydrogen-bond acceptors (Lipinski definition) is 14. The van der Waals surface area contributed by atoms with Gasteiger partial charge in [-0.25, -0.2) is 14.8 Å². The predicted molar refractivity (Wildman–Crippen MR) is 284 cm³/mol. The van der Waals surface area contributed by atoms with E-state index in [1.165, 1.54) is 15.4 Å². The van der Waals surface area contributed by atoms with E-state index in [1.54, 1.807) is 63.0 Å². The molecule has 2 amide bonds. The predicted octanol–water partition coefficient (Wildman–Crippen LogP) is 10.6. The summed E-state index contributed by atoms with van der Waals surface area (Å²) in [5.41, 5.74) is 8.53. The van der Waals surface area contributed by atoms with Gasteiger partial charge < -0.3 is 49.1 Å². The molecule has 6 aromatic rings. The van der Waals surface area contributed by atoms with E-state index in [4.69, 9.17) is 46.0 Å². The number of hydrogen-bond donors (Lipinski definition) is 3. The number of rotatable bonds is 17. The Morgan fingerprint density at radius 1 is 0.657 bits per heavy atom. The SMILES string of the molecule is CN(C)C(=O)Cl.Cc1cc2nc(/C=C/c3ccc(O)c(Br)c3)sc2cc1N(C)CCOCCO.Cc1cc2nc(/C=C/c3ccc(OC(=O)N(C)C)c(Br)c3)sc2cc1N(C)CCOCCO. The largest absolute Gasteiger partial charge is 0.507 e. The molecular formula is C48H57Br2ClN6O8S2. The van der Waals surface area contributed by atoms with Crippen molar-refractivity contribution in [3.05, 3.63) is 102 Å². The monoisotopic (exact) mass is 1100 g/mol. The molecule has 0 bridgehead atoms. The lowest BCUT2D eigenvalue weighted by Crippen LogP contribution is -2.25.